The minimum absolute atomic E-state index is 0.1000. The highest BCUT2D eigenvalue weighted by atomic mass is 35.7. The normalized spacial score (nSPS) is 13.9. The van der Waals surface area contributed by atoms with E-state index >= 15 is 0 Å². The molecule has 0 aromatic heterocycles. The Bertz CT molecular complexity index is 511. The molecule has 0 aliphatic carbocycles. The number of halogens is 1. The molecule has 0 spiro atoms. The first-order valence-electron chi connectivity index (χ1n) is 4.38. The number of ether oxygens (including phenoxy) is 3. The number of fused-ring (bicyclic) bond motifs is 1. The van der Waals surface area contributed by atoms with Crippen LogP contribution in [0.1, 0.15) is 5.56 Å². The summed E-state index contributed by atoms with van der Waals surface area (Å²) in [5, 5.41) is 0. The Morgan fingerprint density at radius 3 is 2.81 bits per heavy atom. The Morgan fingerprint density at radius 2 is 2.19 bits per heavy atom. The summed E-state index contributed by atoms with van der Waals surface area (Å²) in [5.74, 6) is 1.11. The van der Waals surface area contributed by atoms with Gasteiger partial charge in [0.1, 0.15) is 0 Å². The zero-order chi connectivity index (χ0) is 11.8. The summed E-state index contributed by atoms with van der Waals surface area (Å²) in [7, 11) is 3.04. The Hall–Kier alpha value is -1.14. The Balaban J connectivity index is 2.42. The Labute approximate surface area is 97.3 Å². The highest BCUT2D eigenvalue weighted by molar-refractivity contribution is 8.13. The lowest BCUT2D eigenvalue weighted by Crippen LogP contribution is -1.96. The summed E-state index contributed by atoms with van der Waals surface area (Å²) in [6.45, 7) is 0.1000. The van der Waals surface area contributed by atoms with Gasteiger partial charge in [0.05, 0.1) is 12.9 Å². The van der Waals surface area contributed by atoms with Crippen molar-refractivity contribution >= 4 is 19.7 Å². The van der Waals surface area contributed by atoms with Crippen molar-refractivity contribution in [1.82, 2.24) is 0 Å². The number of methoxy groups -OCH3 is 1. The van der Waals surface area contributed by atoms with Gasteiger partial charge in [-0.3, -0.25) is 0 Å². The molecule has 0 N–H and O–H groups in total. The van der Waals surface area contributed by atoms with Gasteiger partial charge in [0, 0.05) is 10.7 Å². The van der Waals surface area contributed by atoms with Crippen molar-refractivity contribution in [3.8, 4) is 17.2 Å². The molecule has 1 heterocycles. The van der Waals surface area contributed by atoms with Crippen molar-refractivity contribution in [2.24, 2.45) is 0 Å². The molecule has 0 saturated heterocycles. The minimum atomic E-state index is -3.60. The standard InChI is InChI=1S/C9H9ClO5S/c1-13-7-2-6(4-16(10,11)12)3-8-9(7)15-5-14-8/h2-3H,4-5H2,1H3. The van der Waals surface area contributed by atoms with Crippen LogP contribution in [0.15, 0.2) is 12.1 Å². The third-order valence-corrected chi connectivity index (χ3v) is 3.06. The average molecular weight is 265 g/mol. The van der Waals surface area contributed by atoms with Crippen LogP contribution in [0.2, 0.25) is 0 Å². The van der Waals surface area contributed by atoms with Gasteiger partial charge in [-0.1, -0.05) is 0 Å². The lowest BCUT2D eigenvalue weighted by Gasteiger charge is -2.06. The molecule has 1 aromatic carbocycles. The van der Waals surface area contributed by atoms with Crippen LogP contribution in [0, 0.1) is 0 Å². The van der Waals surface area contributed by atoms with Crippen LogP contribution in [0.4, 0.5) is 0 Å². The summed E-state index contributed by atoms with van der Waals surface area (Å²) in [6, 6.07) is 3.14. The van der Waals surface area contributed by atoms with E-state index in [0.29, 0.717) is 22.8 Å². The van der Waals surface area contributed by atoms with E-state index in [0.717, 1.165) is 0 Å². The van der Waals surface area contributed by atoms with Gasteiger partial charge >= 0.3 is 0 Å². The first-order chi connectivity index (χ1) is 7.49. The molecule has 5 nitrogen and oxygen atoms in total. The quantitative estimate of drug-likeness (QED) is 0.774. The second kappa shape index (κ2) is 4.03. The van der Waals surface area contributed by atoms with Gasteiger partial charge in [-0.05, 0) is 17.7 Å². The monoisotopic (exact) mass is 264 g/mol. The van der Waals surface area contributed by atoms with Crippen molar-refractivity contribution in [3.63, 3.8) is 0 Å². The van der Waals surface area contributed by atoms with Crippen LogP contribution in [0.5, 0.6) is 17.2 Å². The molecule has 88 valence electrons. The van der Waals surface area contributed by atoms with Gasteiger partial charge in [0.2, 0.25) is 21.6 Å². The first-order valence-corrected chi connectivity index (χ1v) is 6.86. The molecule has 0 amide bonds. The van der Waals surface area contributed by atoms with Crippen molar-refractivity contribution in [3.05, 3.63) is 17.7 Å². The molecule has 1 aliphatic rings. The van der Waals surface area contributed by atoms with Crippen LogP contribution < -0.4 is 14.2 Å². The fourth-order valence-corrected chi connectivity index (χ4v) is 2.41. The molecular formula is C9H9ClO5S. The van der Waals surface area contributed by atoms with Gasteiger partial charge in [0.25, 0.3) is 0 Å². The van der Waals surface area contributed by atoms with E-state index in [2.05, 4.69) is 0 Å². The zero-order valence-corrected chi connectivity index (χ0v) is 9.97. The molecule has 0 atom stereocenters. The SMILES string of the molecule is COc1cc(CS(=O)(=O)Cl)cc2c1OCO2. The Morgan fingerprint density at radius 1 is 1.44 bits per heavy atom. The van der Waals surface area contributed by atoms with Crippen molar-refractivity contribution < 1.29 is 22.6 Å². The Kier molecular flexibility index (Phi) is 2.86. The van der Waals surface area contributed by atoms with Crippen LogP contribution in [-0.2, 0) is 14.8 Å². The average Bonchev–Trinajstić information content (AvgIpc) is 2.61. The first kappa shape index (κ1) is 11.3. The molecular weight excluding hydrogens is 256 g/mol. The van der Waals surface area contributed by atoms with Gasteiger partial charge < -0.3 is 14.2 Å². The molecule has 1 aromatic rings. The van der Waals surface area contributed by atoms with E-state index in [4.69, 9.17) is 24.9 Å². The molecule has 1 aliphatic heterocycles. The van der Waals surface area contributed by atoms with Crippen molar-refractivity contribution in [1.29, 1.82) is 0 Å². The summed E-state index contributed by atoms with van der Waals surface area (Å²) in [6.07, 6.45) is 0. The molecule has 0 radical (unpaired) electrons. The van der Waals surface area contributed by atoms with Crippen molar-refractivity contribution in [2.75, 3.05) is 13.9 Å². The van der Waals surface area contributed by atoms with Gasteiger partial charge in [-0.15, -0.1) is 0 Å². The predicted molar refractivity (Wildman–Crippen MR) is 57.6 cm³/mol. The number of hydrogen-bond acceptors (Lipinski definition) is 5. The second-order valence-electron chi connectivity index (χ2n) is 3.22. The highest BCUT2D eigenvalue weighted by Crippen LogP contribution is 2.42. The fourth-order valence-electron chi connectivity index (χ4n) is 1.47. The third kappa shape index (κ3) is 2.33. The zero-order valence-electron chi connectivity index (χ0n) is 8.40. The maximum atomic E-state index is 11.0. The molecule has 0 saturated carbocycles. The molecule has 0 bridgehead atoms. The van der Waals surface area contributed by atoms with E-state index < -0.39 is 9.05 Å². The summed E-state index contributed by atoms with van der Waals surface area (Å²) in [4.78, 5) is 0. The third-order valence-electron chi connectivity index (χ3n) is 2.06. The smallest absolute Gasteiger partial charge is 0.236 e. The van der Waals surface area contributed by atoms with E-state index in [-0.39, 0.29) is 12.5 Å². The molecule has 2 rings (SSSR count). The number of hydrogen-bond donors (Lipinski definition) is 0. The van der Waals surface area contributed by atoms with E-state index in [9.17, 15) is 8.42 Å². The highest BCUT2D eigenvalue weighted by Gasteiger charge is 2.21. The van der Waals surface area contributed by atoms with Gasteiger partial charge in [-0.25, -0.2) is 8.42 Å². The summed E-state index contributed by atoms with van der Waals surface area (Å²) < 4.78 is 37.3. The van der Waals surface area contributed by atoms with E-state index in [1.165, 1.54) is 7.11 Å². The second-order valence-corrected chi connectivity index (χ2v) is 5.99. The summed E-state index contributed by atoms with van der Waals surface area (Å²) >= 11 is 0. The minimum Gasteiger partial charge on any atom is -0.493 e. The van der Waals surface area contributed by atoms with Gasteiger partial charge in [-0.2, -0.15) is 0 Å². The van der Waals surface area contributed by atoms with E-state index in [1.54, 1.807) is 12.1 Å². The maximum absolute atomic E-state index is 11.0. The lowest BCUT2D eigenvalue weighted by atomic mass is 10.2. The molecule has 0 fully saturated rings. The van der Waals surface area contributed by atoms with Crippen LogP contribution >= 0.6 is 10.7 Å². The van der Waals surface area contributed by atoms with Crippen LogP contribution in [0.3, 0.4) is 0 Å². The molecule has 7 heteroatoms. The topological polar surface area (TPSA) is 61.8 Å². The maximum Gasteiger partial charge on any atom is 0.236 e. The molecule has 16 heavy (non-hydrogen) atoms. The van der Waals surface area contributed by atoms with Crippen LogP contribution in [-0.4, -0.2) is 22.3 Å². The largest absolute Gasteiger partial charge is 0.493 e. The van der Waals surface area contributed by atoms with E-state index in [1.807, 2.05) is 0 Å². The lowest BCUT2D eigenvalue weighted by molar-refractivity contribution is 0.171. The number of benzene rings is 1. The van der Waals surface area contributed by atoms with Crippen LogP contribution in [0.25, 0.3) is 0 Å². The summed E-state index contributed by atoms with van der Waals surface area (Å²) in [5.41, 5.74) is 0.496. The molecule has 0 unspecified atom stereocenters. The fraction of sp³-hybridized carbons (Fsp3) is 0.333. The van der Waals surface area contributed by atoms with Crippen molar-refractivity contribution in [2.45, 2.75) is 5.75 Å². The predicted octanol–water partition coefficient (Wildman–Crippen LogP) is 1.49. The van der Waals surface area contributed by atoms with Gasteiger partial charge in [0.15, 0.2) is 11.5 Å². The number of rotatable bonds is 3.